The molecule has 0 saturated heterocycles. The minimum absolute atomic E-state index is 0.0178. The van der Waals surface area contributed by atoms with Crippen LogP contribution in [0, 0.1) is 0 Å². The lowest BCUT2D eigenvalue weighted by Crippen LogP contribution is -2.23. The van der Waals surface area contributed by atoms with Crippen LogP contribution in [0.1, 0.15) is 51.3 Å². The first-order valence-corrected chi connectivity index (χ1v) is 10.8. The molecule has 4 aromatic rings. The highest BCUT2D eigenvalue weighted by Crippen LogP contribution is 2.49. The average molecular weight is 392 g/mol. The van der Waals surface area contributed by atoms with Gasteiger partial charge in [0.25, 0.3) is 0 Å². The molecule has 4 aromatic carbocycles. The zero-order valence-electron chi connectivity index (χ0n) is 18.5. The van der Waals surface area contributed by atoms with E-state index >= 15 is 0 Å². The molecule has 0 spiro atoms. The van der Waals surface area contributed by atoms with Gasteiger partial charge in [-0.3, -0.25) is 0 Å². The summed E-state index contributed by atoms with van der Waals surface area (Å²) in [4.78, 5) is 0. The van der Waals surface area contributed by atoms with E-state index in [1.165, 1.54) is 38.6 Å². The first-order chi connectivity index (χ1) is 14.2. The number of anilines is 2. The van der Waals surface area contributed by atoms with Crippen molar-refractivity contribution in [3.05, 3.63) is 95.6 Å². The Kier molecular flexibility index (Phi) is 4.08. The van der Waals surface area contributed by atoms with Gasteiger partial charge in [-0.2, -0.15) is 0 Å². The van der Waals surface area contributed by atoms with Gasteiger partial charge in [-0.1, -0.05) is 89.2 Å². The summed E-state index contributed by atoms with van der Waals surface area (Å²) in [6.07, 6.45) is 0. The van der Waals surface area contributed by atoms with Gasteiger partial charge in [0, 0.05) is 16.8 Å². The summed E-state index contributed by atoms with van der Waals surface area (Å²) >= 11 is 0. The van der Waals surface area contributed by atoms with Crippen LogP contribution >= 0.6 is 0 Å². The van der Waals surface area contributed by atoms with Crippen LogP contribution in [0.3, 0.4) is 0 Å². The molecule has 0 heterocycles. The lowest BCUT2D eigenvalue weighted by atomic mass is 9.68. The number of benzene rings is 4. The summed E-state index contributed by atoms with van der Waals surface area (Å²) < 4.78 is 0. The number of hydrogen-bond acceptors (Lipinski definition) is 1. The molecule has 1 aliphatic carbocycles. The molecule has 0 radical (unpaired) electrons. The summed E-state index contributed by atoms with van der Waals surface area (Å²) in [7, 11) is 0. The Labute approximate surface area is 179 Å². The molecule has 0 unspecified atom stereocenters. The highest BCUT2D eigenvalue weighted by molar-refractivity contribution is 6.03. The third-order valence-electron chi connectivity index (χ3n) is 6.60. The molecule has 0 fully saturated rings. The molecule has 0 aliphatic heterocycles. The van der Waals surface area contributed by atoms with Gasteiger partial charge in [-0.25, -0.2) is 0 Å². The molecule has 0 amide bonds. The molecule has 0 saturated carbocycles. The Morgan fingerprint density at radius 3 is 2.03 bits per heavy atom. The second-order valence-corrected chi connectivity index (χ2v) is 10.0. The quantitative estimate of drug-likeness (QED) is 0.363. The normalized spacial score (nSPS) is 14.4. The van der Waals surface area contributed by atoms with Gasteiger partial charge in [-0.15, -0.1) is 0 Å². The van der Waals surface area contributed by atoms with Crippen LogP contribution in [0.5, 0.6) is 0 Å². The van der Waals surface area contributed by atoms with Crippen LogP contribution in [0.4, 0.5) is 11.4 Å². The standard InChI is InChI=1S/C29H29N/c1-28(2,3)20-12-14-21(15-13-20)30-22-16-17-25-24(18-22)23-10-6-8-19-9-7-11-26(27(19)23)29(25,4)5/h6-18,30H,1-5H3. The van der Waals surface area contributed by atoms with E-state index in [0.717, 1.165) is 11.4 Å². The van der Waals surface area contributed by atoms with Crippen LogP contribution in [0.15, 0.2) is 78.9 Å². The lowest BCUT2D eigenvalue weighted by molar-refractivity contribution is 0.590. The van der Waals surface area contributed by atoms with Gasteiger partial charge >= 0.3 is 0 Å². The molecule has 1 aliphatic rings. The highest BCUT2D eigenvalue weighted by atomic mass is 14.9. The molecular weight excluding hydrogens is 362 g/mol. The Hall–Kier alpha value is -3.06. The van der Waals surface area contributed by atoms with E-state index in [9.17, 15) is 0 Å². The number of fused-ring (bicyclic) bond motifs is 2. The number of rotatable bonds is 2. The van der Waals surface area contributed by atoms with Gasteiger partial charge in [0.05, 0.1) is 0 Å². The summed E-state index contributed by atoms with van der Waals surface area (Å²) in [5.41, 5.74) is 9.23. The van der Waals surface area contributed by atoms with E-state index in [1.807, 2.05) is 0 Å². The number of nitrogens with one attached hydrogen (secondary N) is 1. The Morgan fingerprint density at radius 2 is 1.33 bits per heavy atom. The third kappa shape index (κ3) is 2.92. The Balaban J connectivity index is 1.59. The smallest absolute Gasteiger partial charge is 0.0390 e. The van der Waals surface area contributed by atoms with Crippen molar-refractivity contribution < 1.29 is 0 Å². The summed E-state index contributed by atoms with van der Waals surface area (Å²) in [5, 5.41) is 6.33. The molecule has 1 heteroatoms. The van der Waals surface area contributed by atoms with Gasteiger partial charge in [0.1, 0.15) is 0 Å². The van der Waals surface area contributed by atoms with Crippen LogP contribution in [-0.4, -0.2) is 0 Å². The maximum atomic E-state index is 3.62. The molecule has 0 bridgehead atoms. The van der Waals surface area contributed by atoms with Crippen molar-refractivity contribution in [3.8, 4) is 11.1 Å². The van der Waals surface area contributed by atoms with E-state index in [1.54, 1.807) is 0 Å². The molecule has 0 aromatic heterocycles. The maximum Gasteiger partial charge on any atom is 0.0390 e. The predicted molar refractivity (Wildman–Crippen MR) is 130 cm³/mol. The summed E-state index contributed by atoms with van der Waals surface area (Å²) in [5.74, 6) is 0. The minimum Gasteiger partial charge on any atom is -0.356 e. The fourth-order valence-electron chi connectivity index (χ4n) is 4.84. The third-order valence-corrected chi connectivity index (χ3v) is 6.60. The monoisotopic (exact) mass is 391 g/mol. The van der Waals surface area contributed by atoms with Crippen molar-refractivity contribution in [1.29, 1.82) is 0 Å². The van der Waals surface area contributed by atoms with Gasteiger partial charge < -0.3 is 5.32 Å². The zero-order chi connectivity index (χ0) is 21.1. The second kappa shape index (κ2) is 6.47. The Bertz CT molecular complexity index is 1250. The topological polar surface area (TPSA) is 12.0 Å². The molecular formula is C29H29N. The van der Waals surface area contributed by atoms with Crippen LogP contribution < -0.4 is 5.32 Å². The van der Waals surface area contributed by atoms with Crippen molar-refractivity contribution in [1.82, 2.24) is 0 Å². The molecule has 30 heavy (non-hydrogen) atoms. The van der Waals surface area contributed by atoms with E-state index in [0.29, 0.717) is 0 Å². The molecule has 5 rings (SSSR count). The SMILES string of the molecule is CC(C)(C)c1ccc(Nc2ccc3c(c2)-c2cccc4cccc(c24)C3(C)C)cc1. The van der Waals surface area contributed by atoms with Crippen molar-refractivity contribution in [2.45, 2.75) is 45.4 Å². The second-order valence-electron chi connectivity index (χ2n) is 10.0. The fourth-order valence-corrected chi connectivity index (χ4v) is 4.84. The first kappa shape index (κ1) is 18.9. The van der Waals surface area contributed by atoms with E-state index in [-0.39, 0.29) is 10.8 Å². The van der Waals surface area contributed by atoms with Crippen LogP contribution in [-0.2, 0) is 10.8 Å². The van der Waals surface area contributed by atoms with E-state index < -0.39 is 0 Å². The summed E-state index contributed by atoms with van der Waals surface area (Å²) in [6, 6.07) is 29.0. The van der Waals surface area contributed by atoms with Gasteiger partial charge in [0.15, 0.2) is 0 Å². The predicted octanol–water partition coefficient (Wildman–Crippen LogP) is 8.19. The Morgan fingerprint density at radius 1 is 0.667 bits per heavy atom. The molecule has 150 valence electrons. The fraction of sp³-hybridized carbons (Fsp3) is 0.241. The largest absolute Gasteiger partial charge is 0.356 e. The summed E-state index contributed by atoms with van der Waals surface area (Å²) in [6.45, 7) is 11.4. The average Bonchev–Trinajstić information content (AvgIpc) is 2.71. The lowest BCUT2D eigenvalue weighted by Gasteiger charge is -2.35. The number of hydrogen-bond donors (Lipinski definition) is 1. The van der Waals surface area contributed by atoms with Gasteiger partial charge in [-0.05, 0) is 68.3 Å². The minimum atomic E-state index is -0.0178. The molecule has 0 atom stereocenters. The first-order valence-electron chi connectivity index (χ1n) is 10.8. The van der Waals surface area contributed by atoms with Crippen molar-refractivity contribution >= 4 is 22.1 Å². The van der Waals surface area contributed by atoms with Gasteiger partial charge in [0.2, 0.25) is 0 Å². The zero-order valence-corrected chi connectivity index (χ0v) is 18.5. The molecule has 1 N–H and O–H groups in total. The maximum absolute atomic E-state index is 3.62. The van der Waals surface area contributed by atoms with E-state index in [2.05, 4.69) is 119 Å². The molecule has 1 nitrogen and oxygen atoms in total. The van der Waals surface area contributed by atoms with Crippen molar-refractivity contribution in [3.63, 3.8) is 0 Å². The van der Waals surface area contributed by atoms with Crippen molar-refractivity contribution in [2.75, 3.05) is 5.32 Å². The van der Waals surface area contributed by atoms with Crippen LogP contribution in [0.25, 0.3) is 21.9 Å². The van der Waals surface area contributed by atoms with Crippen molar-refractivity contribution in [2.24, 2.45) is 0 Å². The van der Waals surface area contributed by atoms with Crippen LogP contribution in [0.2, 0.25) is 0 Å². The van der Waals surface area contributed by atoms with E-state index in [4.69, 9.17) is 0 Å². The highest BCUT2D eigenvalue weighted by Gasteiger charge is 2.33.